The van der Waals surface area contributed by atoms with Crippen LogP contribution in [0.4, 0.5) is 0 Å². The van der Waals surface area contributed by atoms with Gasteiger partial charge < -0.3 is 5.32 Å². The minimum atomic E-state index is -0.139. The Balaban J connectivity index is 2.02. The summed E-state index contributed by atoms with van der Waals surface area (Å²) in [4.78, 5) is 23.5. The lowest BCUT2D eigenvalue weighted by atomic mass is 9.85. The van der Waals surface area contributed by atoms with E-state index < -0.39 is 0 Å². The molecular formula is C20H29NO2. The Morgan fingerprint density at radius 1 is 1.26 bits per heavy atom. The predicted octanol–water partition coefficient (Wildman–Crippen LogP) is 4.40. The van der Waals surface area contributed by atoms with Crippen LogP contribution in [-0.2, 0) is 6.42 Å². The van der Waals surface area contributed by atoms with Gasteiger partial charge in [0.05, 0.1) is 5.56 Å². The molecule has 0 unspecified atom stereocenters. The molecule has 1 aromatic carbocycles. The van der Waals surface area contributed by atoms with Crippen molar-refractivity contribution in [2.45, 2.75) is 58.8 Å². The Bertz CT molecular complexity index is 530. The summed E-state index contributed by atoms with van der Waals surface area (Å²) in [5, 5.41) is 2.91. The van der Waals surface area contributed by atoms with Crippen LogP contribution in [0.3, 0.4) is 0 Å². The summed E-state index contributed by atoms with van der Waals surface area (Å²) in [7, 11) is 0. The summed E-state index contributed by atoms with van der Waals surface area (Å²) in [6.07, 6.45) is 9.74. The van der Waals surface area contributed by atoms with Crippen molar-refractivity contribution >= 4 is 12.2 Å². The maximum Gasteiger partial charge on any atom is 0.252 e. The monoisotopic (exact) mass is 315 g/mol. The Labute approximate surface area is 139 Å². The molecule has 0 spiro atoms. The van der Waals surface area contributed by atoms with Gasteiger partial charge in [-0.15, -0.1) is 0 Å². The molecule has 1 aliphatic carbocycles. The van der Waals surface area contributed by atoms with E-state index in [1.807, 2.05) is 12.1 Å². The van der Waals surface area contributed by atoms with Gasteiger partial charge in [0.15, 0.2) is 6.29 Å². The average Bonchev–Trinajstić information content (AvgIpc) is 2.58. The van der Waals surface area contributed by atoms with Gasteiger partial charge in [-0.1, -0.05) is 58.1 Å². The number of rotatable bonds is 7. The zero-order valence-corrected chi connectivity index (χ0v) is 14.4. The van der Waals surface area contributed by atoms with Crippen molar-refractivity contribution in [3.63, 3.8) is 0 Å². The number of aryl methyl sites for hydroxylation is 1. The largest absolute Gasteiger partial charge is 0.352 e. The molecule has 1 saturated carbocycles. The number of aldehydes is 1. The normalized spacial score (nSPS) is 15.6. The minimum absolute atomic E-state index is 0.139. The number of hydrogen-bond donors (Lipinski definition) is 1. The number of amides is 1. The molecule has 1 amide bonds. The molecule has 1 aliphatic rings. The van der Waals surface area contributed by atoms with E-state index in [9.17, 15) is 9.59 Å². The van der Waals surface area contributed by atoms with Gasteiger partial charge in [-0.3, -0.25) is 9.59 Å². The summed E-state index contributed by atoms with van der Waals surface area (Å²) >= 11 is 0. The lowest BCUT2D eigenvalue weighted by molar-refractivity contribution is 0.0943. The highest BCUT2D eigenvalue weighted by Gasteiger charge is 2.15. The third-order valence-corrected chi connectivity index (χ3v) is 4.73. The fraction of sp³-hybridized carbons (Fsp3) is 0.600. The third kappa shape index (κ3) is 5.49. The Morgan fingerprint density at radius 2 is 2.00 bits per heavy atom. The van der Waals surface area contributed by atoms with Crippen LogP contribution in [0.1, 0.15) is 78.7 Å². The molecule has 3 heteroatoms. The lowest BCUT2D eigenvalue weighted by Gasteiger charge is -2.21. The lowest BCUT2D eigenvalue weighted by Crippen LogP contribution is -2.28. The van der Waals surface area contributed by atoms with Gasteiger partial charge in [-0.05, 0) is 36.3 Å². The standard InChI is InChI=1S/C20H29NO2/c1-15(2)13-21-20(23)19-12-17(10-11-18(19)14-22)9-8-16-6-4-3-5-7-16/h10-12,14-16H,3-9,13H2,1-2H3,(H,21,23). The predicted molar refractivity (Wildman–Crippen MR) is 93.9 cm³/mol. The smallest absolute Gasteiger partial charge is 0.252 e. The van der Waals surface area contributed by atoms with Crippen LogP contribution in [0.5, 0.6) is 0 Å². The topological polar surface area (TPSA) is 46.2 Å². The highest BCUT2D eigenvalue weighted by atomic mass is 16.1. The van der Waals surface area contributed by atoms with Crippen molar-refractivity contribution in [2.75, 3.05) is 6.54 Å². The van der Waals surface area contributed by atoms with E-state index in [1.54, 1.807) is 6.07 Å². The molecule has 0 bridgehead atoms. The van der Waals surface area contributed by atoms with Crippen LogP contribution in [0.15, 0.2) is 18.2 Å². The molecule has 23 heavy (non-hydrogen) atoms. The summed E-state index contributed by atoms with van der Waals surface area (Å²) < 4.78 is 0. The SMILES string of the molecule is CC(C)CNC(=O)c1cc(CCC2CCCCC2)ccc1C=O. The van der Waals surface area contributed by atoms with E-state index in [-0.39, 0.29) is 5.91 Å². The van der Waals surface area contributed by atoms with Crippen LogP contribution >= 0.6 is 0 Å². The van der Waals surface area contributed by atoms with Crippen molar-refractivity contribution < 1.29 is 9.59 Å². The maximum absolute atomic E-state index is 12.3. The summed E-state index contributed by atoms with van der Waals surface area (Å²) in [5.74, 6) is 1.08. The van der Waals surface area contributed by atoms with Gasteiger partial charge in [0.2, 0.25) is 0 Å². The van der Waals surface area contributed by atoms with E-state index in [0.717, 1.165) is 24.2 Å². The Hall–Kier alpha value is -1.64. The van der Waals surface area contributed by atoms with Gasteiger partial charge in [-0.2, -0.15) is 0 Å². The summed E-state index contributed by atoms with van der Waals surface area (Å²) in [5.41, 5.74) is 2.16. The molecule has 3 nitrogen and oxygen atoms in total. The van der Waals surface area contributed by atoms with E-state index in [2.05, 4.69) is 19.2 Å². The highest BCUT2D eigenvalue weighted by Crippen LogP contribution is 2.27. The van der Waals surface area contributed by atoms with Crippen molar-refractivity contribution in [1.82, 2.24) is 5.32 Å². The summed E-state index contributed by atoms with van der Waals surface area (Å²) in [6, 6.07) is 5.68. The number of carbonyl (C=O) groups is 2. The number of hydrogen-bond acceptors (Lipinski definition) is 2. The van der Waals surface area contributed by atoms with Crippen molar-refractivity contribution in [1.29, 1.82) is 0 Å². The van der Waals surface area contributed by atoms with Crippen LogP contribution < -0.4 is 5.32 Å². The molecule has 1 fully saturated rings. The zero-order chi connectivity index (χ0) is 16.7. The van der Waals surface area contributed by atoms with Gasteiger partial charge in [0, 0.05) is 12.1 Å². The third-order valence-electron chi connectivity index (χ3n) is 4.73. The quantitative estimate of drug-likeness (QED) is 0.758. The maximum atomic E-state index is 12.3. The molecule has 126 valence electrons. The second-order valence-electron chi connectivity index (χ2n) is 7.19. The van der Waals surface area contributed by atoms with Gasteiger partial charge in [0.25, 0.3) is 5.91 Å². The molecule has 0 atom stereocenters. The first-order chi connectivity index (χ1) is 11.1. The number of benzene rings is 1. The van der Waals surface area contributed by atoms with Crippen LogP contribution in [-0.4, -0.2) is 18.7 Å². The Morgan fingerprint density at radius 3 is 2.65 bits per heavy atom. The molecular weight excluding hydrogens is 286 g/mol. The summed E-state index contributed by atoms with van der Waals surface area (Å²) in [6.45, 7) is 4.74. The van der Waals surface area contributed by atoms with Crippen LogP contribution in [0, 0.1) is 11.8 Å². The fourth-order valence-corrected chi connectivity index (χ4v) is 3.30. The first kappa shape index (κ1) is 17.7. The van der Waals surface area contributed by atoms with E-state index in [1.165, 1.54) is 38.5 Å². The van der Waals surface area contributed by atoms with Gasteiger partial charge >= 0.3 is 0 Å². The Kier molecular flexibility index (Phi) is 6.82. The van der Waals surface area contributed by atoms with Crippen molar-refractivity contribution in [2.24, 2.45) is 11.8 Å². The molecule has 0 saturated heterocycles. The molecule has 2 rings (SSSR count). The number of nitrogens with one attached hydrogen (secondary N) is 1. The molecule has 0 aromatic heterocycles. The van der Waals surface area contributed by atoms with Crippen LogP contribution in [0.25, 0.3) is 0 Å². The number of carbonyl (C=O) groups excluding carboxylic acids is 2. The first-order valence-corrected chi connectivity index (χ1v) is 8.96. The zero-order valence-electron chi connectivity index (χ0n) is 14.4. The van der Waals surface area contributed by atoms with Gasteiger partial charge in [-0.25, -0.2) is 0 Å². The van der Waals surface area contributed by atoms with Crippen LogP contribution in [0.2, 0.25) is 0 Å². The van der Waals surface area contributed by atoms with Gasteiger partial charge in [0.1, 0.15) is 0 Å². The molecule has 1 N–H and O–H groups in total. The molecule has 0 radical (unpaired) electrons. The second-order valence-corrected chi connectivity index (χ2v) is 7.19. The average molecular weight is 315 g/mol. The van der Waals surface area contributed by atoms with E-state index >= 15 is 0 Å². The first-order valence-electron chi connectivity index (χ1n) is 8.96. The fourth-order valence-electron chi connectivity index (χ4n) is 3.30. The minimum Gasteiger partial charge on any atom is -0.352 e. The van der Waals surface area contributed by atoms with E-state index in [0.29, 0.717) is 23.6 Å². The second kappa shape index (κ2) is 8.85. The molecule has 0 aliphatic heterocycles. The van der Waals surface area contributed by atoms with Crippen molar-refractivity contribution in [3.05, 3.63) is 34.9 Å². The molecule has 1 aromatic rings. The highest BCUT2D eigenvalue weighted by molar-refractivity contribution is 6.01. The molecule has 0 heterocycles. The van der Waals surface area contributed by atoms with E-state index in [4.69, 9.17) is 0 Å². The van der Waals surface area contributed by atoms with Crippen molar-refractivity contribution in [3.8, 4) is 0 Å².